The molecule has 0 bridgehead atoms. The molecule has 0 aromatic heterocycles. The number of aliphatic hydroxyl groups excluding tert-OH is 1. The highest BCUT2D eigenvalue weighted by Gasteiger charge is 2.37. The van der Waals surface area contributed by atoms with Crippen LogP contribution in [0, 0.1) is 39.0 Å². The SMILES string of the molecule is Cc1cccc(C(C(=O)Nc2c(C)cccc2C)N(CC#N)C(=O)C(CO)NC(=O)OC(C)(C)C)c1C. The predicted molar refractivity (Wildman–Crippen MR) is 141 cm³/mol. The van der Waals surface area contributed by atoms with Crippen molar-refractivity contribution >= 4 is 23.6 Å². The molecule has 9 heteroatoms. The van der Waals surface area contributed by atoms with Crippen molar-refractivity contribution in [1.82, 2.24) is 10.2 Å². The molecule has 0 saturated carbocycles. The fourth-order valence-electron chi connectivity index (χ4n) is 3.93. The van der Waals surface area contributed by atoms with Crippen LogP contribution in [0.25, 0.3) is 0 Å². The van der Waals surface area contributed by atoms with Crippen molar-refractivity contribution in [2.45, 2.75) is 66.2 Å². The first kappa shape index (κ1) is 29.3. The van der Waals surface area contributed by atoms with E-state index in [9.17, 15) is 24.8 Å². The van der Waals surface area contributed by atoms with E-state index in [4.69, 9.17) is 4.74 Å². The van der Waals surface area contributed by atoms with E-state index in [0.29, 0.717) is 11.3 Å². The third-order valence-electron chi connectivity index (χ3n) is 5.93. The number of benzene rings is 2. The summed E-state index contributed by atoms with van der Waals surface area (Å²) < 4.78 is 5.22. The molecule has 0 spiro atoms. The van der Waals surface area contributed by atoms with Crippen molar-refractivity contribution in [1.29, 1.82) is 5.26 Å². The summed E-state index contributed by atoms with van der Waals surface area (Å²) in [5.74, 6) is -1.32. The topological polar surface area (TPSA) is 132 Å². The second kappa shape index (κ2) is 12.4. The Bertz CT molecular complexity index is 1180. The molecule has 0 aliphatic carbocycles. The molecule has 0 heterocycles. The van der Waals surface area contributed by atoms with E-state index in [2.05, 4.69) is 10.6 Å². The minimum absolute atomic E-state index is 0.455. The van der Waals surface area contributed by atoms with Crippen LogP contribution in [0.3, 0.4) is 0 Å². The number of hydrogen-bond acceptors (Lipinski definition) is 6. The van der Waals surface area contributed by atoms with Crippen LogP contribution in [-0.4, -0.2) is 52.7 Å². The van der Waals surface area contributed by atoms with Crippen LogP contribution in [0.2, 0.25) is 0 Å². The minimum Gasteiger partial charge on any atom is -0.444 e. The van der Waals surface area contributed by atoms with Gasteiger partial charge in [0.1, 0.15) is 24.2 Å². The minimum atomic E-state index is -1.43. The standard InChI is InChI=1S/C28H36N4O5/c1-17-10-9-13-21(20(17)4)24(25(34)31-23-18(2)11-8-12-19(23)3)32(15-14-29)26(35)22(16-33)30-27(36)37-28(5,6)7/h8-13,22,24,33H,15-16H2,1-7H3,(H,30,36)(H,31,34). The summed E-state index contributed by atoms with van der Waals surface area (Å²) in [5.41, 5.74) is 3.67. The Labute approximate surface area is 218 Å². The molecule has 0 aliphatic rings. The van der Waals surface area contributed by atoms with E-state index in [1.54, 1.807) is 32.9 Å². The number of aryl methyl sites for hydroxylation is 3. The van der Waals surface area contributed by atoms with Gasteiger partial charge in [0, 0.05) is 5.69 Å². The van der Waals surface area contributed by atoms with Gasteiger partial charge < -0.3 is 25.4 Å². The number of nitriles is 1. The van der Waals surface area contributed by atoms with Crippen molar-refractivity contribution in [2.24, 2.45) is 0 Å². The molecule has 9 nitrogen and oxygen atoms in total. The van der Waals surface area contributed by atoms with Crippen LogP contribution in [0.5, 0.6) is 0 Å². The summed E-state index contributed by atoms with van der Waals surface area (Å²) in [7, 11) is 0. The van der Waals surface area contributed by atoms with E-state index in [-0.39, 0.29) is 0 Å². The Morgan fingerprint density at radius 1 is 1.03 bits per heavy atom. The number of anilines is 1. The zero-order valence-corrected chi connectivity index (χ0v) is 22.5. The Hall–Kier alpha value is -3.90. The predicted octanol–water partition coefficient (Wildman–Crippen LogP) is 3.84. The maximum atomic E-state index is 13.8. The lowest BCUT2D eigenvalue weighted by Gasteiger charge is -2.33. The average molecular weight is 509 g/mol. The number of aliphatic hydroxyl groups is 1. The number of nitrogens with zero attached hydrogens (tertiary/aromatic N) is 2. The molecular weight excluding hydrogens is 472 g/mol. The van der Waals surface area contributed by atoms with Gasteiger partial charge in [-0.05, 0) is 76.3 Å². The van der Waals surface area contributed by atoms with E-state index in [1.165, 1.54) is 0 Å². The van der Waals surface area contributed by atoms with Crippen LogP contribution in [0.4, 0.5) is 10.5 Å². The van der Waals surface area contributed by atoms with Crippen molar-refractivity contribution in [3.8, 4) is 6.07 Å². The third-order valence-corrected chi connectivity index (χ3v) is 5.93. The zero-order chi connectivity index (χ0) is 27.9. The first-order valence-electron chi connectivity index (χ1n) is 12.0. The van der Waals surface area contributed by atoms with Crippen molar-refractivity contribution in [3.63, 3.8) is 0 Å². The van der Waals surface area contributed by atoms with Gasteiger partial charge in [-0.1, -0.05) is 36.4 Å². The number of nitrogens with one attached hydrogen (secondary N) is 2. The van der Waals surface area contributed by atoms with Crippen molar-refractivity contribution in [3.05, 3.63) is 64.2 Å². The smallest absolute Gasteiger partial charge is 0.408 e. The van der Waals surface area contributed by atoms with Gasteiger partial charge in [-0.3, -0.25) is 9.59 Å². The van der Waals surface area contributed by atoms with Crippen LogP contribution >= 0.6 is 0 Å². The molecule has 3 amide bonds. The van der Waals surface area contributed by atoms with E-state index in [1.807, 2.05) is 58.0 Å². The maximum absolute atomic E-state index is 13.8. The Kier molecular flexibility index (Phi) is 9.81. The second-order valence-electron chi connectivity index (χ2n) is 9.95. The molecule has 0 aliphatic heterocycles. The largest absolute Gasteiger partial charge is 0.444 e. The molecule has 37 heavy (non-hydrogen) atoms. The maximum Gasteiger partial charge on any atom is 0.408 e. The molecule has 2 aromatic rings. The fourth-order valence-corrected chi connectivity index (χ4v) is 3.93. The summed E-state index contributed by atoms with van der Waals surface area (Å²) >= 11 is 0. The number of carbonyl (C=O) groups is 3. The molecular formula is C28H36N4O5. The highest BCUT2D eigenvalue weighted by molar-refractivity contribution is 6.00. The summed E-state index contributed by atoms with van der Waals surface area (Å²) in [6, 6.07) is 10.3. The van der Waals surface area contributed by atoms with Gasteiger partial charge in [0.15, 0.2) is 0 Å². The van der Waals surface area contributed by atoms with E-state index < -0.39 is 48.7 Å². The number of amides is 3. The number of rotatable bonds is 8. The van der Waals surface area contributed by atoms with Crippen molar-refractivity contribution < 1.29 is 24.2 Å². The highest BCUT2D eigenvalue weighted by atomic mass is 16.6. The van der Waals surface area contributed by atoms with E-state index >= 15 is 0 Å². The van der Waals surface area contributed by atoms with Gasteiger partial charge in [-0.25, -0.2) is 4.79 Å². The monoisotopic (exact) mass is 508 g/mol. The summed E-state index contributed by atoms with van der Waals surface area (Å²) in [4.78, 5) is 40.9. The quantitative estimate of drug-likeness (QED) is 0.464. The molecule has 3 N–H and O–H groups in total. The molecule has 0 saturated heterocycles. The van der Waals surface area contributed by atoms with Crippen LogP contribution in [0.15, 0.2) is 36.4 Å². The number of carbonyl (C=O) groups excluding carboxylic acids is 3. The molecule has 198 valence electrons. The number of alkyl carbamates (subject to hydrolysis) is 1. The third kappa shape index (κ3) is 7.54. The van der Waals surface area contributed by atoms with Crippen LogP contribution in [0.1, 0.15) is 54.6 Å². The Morgan fingerprint density at radius 3 is 2.14 bits per heavy atom. The van der Waals surface area contributed by atoms with Crippen molar-refractivity contribution in [2.75, 3.05) is 18.5 Å². The lowest BCUT2D eigenvalue weighted by Crippen LogP contribution is -2.54. The zero-order valence-electron chi connectivity index (χ0n) is 22.5. The van der Waals surface area contributed by atoms with Crippen LogP contribution < -0.4 is 10.6 Å². The van der Waals surface area contributed by atoms with Gasteiger partial charge >= 0.3 is 6.09 Å². The van der Waals surface area contributed by atoms with Gasteiger partial charge in [0.05, 0.1) is 12.7 Å². The number of hydrogen-bond donors (Lipinski definition) is 3. The number of para-hydroxylation sites is 1. The van der Waals surface area contributed by atoms with Crippen LogP contribution in [-0.2, 0) is 14.3 Å². The molecule has 2 rings (SSSR count). The second-order valence-corrected chi connectivity index (χ2v) is 9.95. The Morgan fingerprint density at radius 2 is 1.59 bits per heavy atom. The van der Waals surface area contributed by atoms with Gasteiger partial charge in [-0.15, -0.1) is 0 Å². The summed E-state index contributed by atoms with van der Waals surface area (Å²) in [6.07, 6.45) is -0.903. The number of ether oxygens (including phenoxy) is 1. The summed E-state index contributed by atoms with van der Waals surface area (Å²) in [5, 5.41) is 24.8. The first-order chi connectivity index (χ1) is 17.3. The first-order valence-corrected chi connectivity index (χ1v) is 12.0. The normalized spacial score (nSPS) is 12.6. The van der Waals surface area contributed by atoms with Gasteiger partial charge in [0.25, 0.3) is 5.91 Å². The Balaban J connectivity index is 2.56. The lowest BCUT2D eigenvalue weighted by molar-refractivity contribution is -0.140. The molecule has 2 unspecified atom stereocenters. The lowest BCUT2D eigenvalue weighted by atomic mass is 9.94. The van der Waals surface area contributed by atoms with Gasteiger partial charge in [0.2, 0.25) is 5.91 Å². The summed E-state index contributed by atoms with van der Waals surface area (Å²) in [6.45, 7) is 11.2. The van der Waals surface area contributed by atoms with E-state index in [0.717, 1.165) is 27.2 Å². The van der Waals surface area contributed by atoms with Gasteiger partial charge in [-0.2, -0.15) is 5.26 Å². The molecule has 0 radical (unpaired) electrons. The molecule has 2 aromatic carbocycles. The molecule has 2 atom stereocenters. The highest BCUT2D eigenvalue weighted by Crippen LogP contribution is 2.29. The fraction of sp³-hybridized carbons (Fsp3) is 0.429. The average Bonchev–Trinajstić information content (AvgIpc) is 2.80. The molecule has 0 fully saturated rings.